The maximum absolute atomic E-state index is 13.4. The molecule has 5 rings (SSSR count). The summed E-state index contributed by atoms with van der Waals surface area (Å²) in [6.45, 7) is 1.14. The summed E-state index contributed by atoms with van der Waals surface area (Å²) in [5.41, 5.74) is 0.831. The zero-order valence-electron chi connectivity index (χ0n) is 17.0. The van der Waals surface area contributed by atoms with Gasteiger partial charge < -0.3 is 20.1 Å². The number of fused-ring (bicyclic) bond motifs is 1. The number of amides is 2. The summed E-state index contributed by atoms with van der Waals surface area (Å²) in [7, 11) is 0. The van der Waals surface area contributed by atoms with Crippen molar-refractivity contribution in [2.24, 2.45) is 11.8 Å². The molecule has 5 atom stereocenters. The average Bonchev–Trinajstić information content (AvgIpc) is 3.39. The van der Waals surface area contributed by atoms with Crippen LogP contribution in [0, 0.1) is 17.7 Å². The van der Waals surface area contributed by atoms with Gasteiger partial charge in [-0.15, -0.1) is 11.3 Å². The van der Waals surface area contributed by atoms with E-state index in [0.717, 1.165) is 12.0 Å². The van der Waals surface area contributed by atoms with Crippen molar-refractivity contribution in [3.8, 4) is 5.75 Å². The van der Waals surface area contributed by atoms with Gasteiger partial charge in [0.15, 0.2) is 0 Å². The summed E-state index contributed by atoms with van der Waals surface area (Å²) in [5.74, 6) is 0.0460. The van der Waals surface area contributed by atoms with Crippen molar-refractivity contribution < 1.29 is 23.5 Å². The van der Waals surface area contributed by atoms with Crippen molar-refractivity contribution in [3.63, 3.8) is 0 Å². The number of ether oxygens (including phenoxy) is 2. The second-order valence-corrected chi connectivity index (χ2v) is 9.50. The van der Waals surface area contributed by atoms with E-state index in [-0.39, 0.29) is 48.2 Å². The van der Waals surface area contributed by atoms with E-state index in [1.54, 1.807) is 17.4 Å². The molecule has 31 heavy (non-hydrogen) atoms. The van der Waals surface area contributed by atoms with Crippen LogP contribution in [0.3, 0.4) is 0 Å². The Morgan fingerprint density at radius 1 is 1.10 bits per heavy atom. The third-order valence-electron chi connectivity index (χ3n) is 6.35. The van der Waals surface area contributed by atoms with Gasteiger partial charge in [-0.2, -0.15) is 0 Å². The first-order valence-electron chi connectivity index (χ1n) is 10.7. The molecule has 2 aliphatic heterocycles. The lowest BCUT2D eigenvalue weighted by atomic mass is 9.94. The fraction of sp³-hybridized carbons (Fsp3) is 0.478. The summed E-state index contributed by atoms with van der Waals surface area (Å²) < 4.78 is 24.6. The molecule has 164 valence electrons. The van der Waals surface area contributed by atoms with E-state index in [0.29, 0.717) is 37.7 Å². The molecule has 2 N–H and O–H groups in total. The van der Waals surface area contributed by atoms with Crippen molar-refractivity contribution in [2.75, 3.05) is 19.8 Å². The molecule has 8 heteroatoms. The minimum Gasteiger partial charge on any atom is -0.492 e. The number of carbonyl (C=O) groups excluding carboxylic acids is 2. The highest BCUT2D eigenvalue weighted by atomic mass is 32.1. The van der Waals surface area contributed by atoms with Crippen LogP contribution in [0.5, 0.6) is 5.75 Å². The summed E-state index contributed by atoms with van der Waals surface area (Å²) >= 11 is 1.69. The van der Waals surface area contributed by atoms with Crippen molar-refractivity contribution >= 4 is 23.2 Å². The number of thiophene rings is 1. The van der Waals surface area contributed by atoms with E-state index in [4.69, 9.17) is 9.47 Å². The third-order valence-corrected chi connectivity index (χ3v) is 7.36. The smallest absolute Gasteiger partial charge is 0.227 e. The minimum atomic E-state index is -0.348. The molecule has 2 aromatic rings. The highest BCUT2D eigenvalue weighted by Gasteiger charge is 2.45. The maximum Gasteiger partial charge on any atom is 0.227 e. The predicted molar refractivity (Wildman–Crippen MR) is 114 cm³/mol. The number of rotatable bonds is 5. The first-order valence-corrected chi connectivity index (χ1v) is 11.6. The molecule has 1 saturated heterocycles. The molecule has 3 heterocycles. The van der Waals surface area contributed by atoms with Crippen LogP contribution in [0.2, 0.25) is 0 Å². The van der Waals surface area contributed by atoms with Crippen LogP contribution in [0.25, 0.3) is 0 Å². The topological polar surface area (TPSA) is 76.7 Å². The van der Waals surface area contributed by atoms with E-state index in [9.17, 15) is 14.0 Å². The first kappa shape index (κ1) is 20.5. The van der Waals surface area contributed by atoms with Gasteiger partial charge in [-0.05, 0) is 42.3 Å². The third kappa shape index (κ3) is 4.45. The molecule has 3 unspecified atom stereocenters. The Balaban J connectivity index is 1.18. The Morgan fingerprint density at radius 3 is 2.81 bits per heavy atom. The number of carbonyl (C=O) groups is 2. The predicted octanol–water partition coefficient (Wildman–Crippen LogP) is 2.63. The van der Waals surface area contributed by atoms with Crippen molar-refractivity contribution in [1.82, 2.24) is 10.6 Å². The van der Waals surface area contributed by atoms with Crippen LogP contribution in [0.15, 0.2) is 35.7 Å². The summed E-state index contributed by atoms with van der Waals surface area (Å²) in [6.07, 6.45) is 2.02. The second-order valence-electron chi connectivity index (χ2n) is 8.52. The fourth-order valence-electron chi connectivity index (χ4n) is 4.46. The van der Waals surface area contributed by atoms with Gasteiger partial charge in [0.2, 0.25) is 11.8 Å². The lowest BCUT2D eigenvalue weighted by molar-refractivity contribution is -0.130. The summed E-state index contributed by atoms with van der Waals surface area (Å²) in [6, 6.07) is 8.06. The summed E-state index contributed by atoms with van der Waals surface area (Å²) in [4.78, 5) is 26.9. The lowest BCUT2D eigenvalue weighted by Crippen LogP contribution is -2.58. The SMILES string of the molecule is O=C(N[C@@H]1CCOC[C@@H]1NC(=O)C1CC1c1cccs1)C1COc2cc(F)ccc2C1. The Labute approximate surface area is 184 Å². The van der Waals surface area contributed by atoms with Gasteiger partial charge >= 0.3 is 0 Å². The normalized spacial score (nSPS) is 29.4. The number of benzene rings is 1. The van der Waals surface area contributed by atoms with Crippen LogP contribution >= 0.6 is 11.3 Å². The van der Waals surface area contributed by atoms with Crippen LogP contribution in [-0.4, -0.2) is 43.7 Å². The average molecular weight is 445 g/mol. The Hall–Kier alpha value is -2.45. The standard InChI is InChI=1S/C23H25FN2O4S/c24-15-4-3-13-8-14(11-30-20(13)9-15)22(27)25-18-5-6-29-12-19(18)26-23(28)17-10-16(17)21-2-1-7-31-21/h1-4,7,9,14,16-19H,5-6,8,10-12H2,(H,25,27)(H,26,28)/t14?,16?,17?,18-,19+/m1/s1. The maximum atomic E-state index is 13.4. The zero-order valence-corrected chi connectivity index (χ0v) is 17.8. The van der Waals surface area contributed by atoms with Crippen LogP contribution < -0.4 is 15.4 Å². The fourth-order valence-corrected chi connectivity index (χ4v) is 5.37. The van der Waals surface area contributed by atoms with Crippen LogP contribution in [-0.2, 0) is 20.7 Å². The second kappa shape index (κ2) is 8.59. The quantitative estimate of drug-likeness (QED) is 0.744. The molecule has 2 fully saturated rings. The number of hydrogen-bond acceptors (Lipinski definition) is 5. The van der Waals surface area contributed by atoms with Crippen LogP contribution in [0.4, 0.5) is 4.39 Å². The van der Waals surface area contributed by atoms with E-state index in [1.165, 1.54) is 17.0 Å². The largest absolute Gasteiger partial charge is 0.492 e. The molecule has 1 aromatic heterocycles. The highest BCUT2D eigenvalue weighted by molar-refractivity contribution is 7.10. The van der Waals surface area contributed by atoms with Gasteiger partial charge in [0.1, 0.15) is 18.2 Å². The Kier molecular flexibility index (Phi) is 5.67. The van der Waals surface area contributed by atoms with Gasteiger partial charge in [-0.3, -0.25) is 9.59 Å². The van der Waals surface area contributed by atoms with Gasteiger partial charge in [0.25, 0.3) is 0 Å². The van der Waals surface area contributed by atoms with Crippen LogP contribution in [0.1, 0.15) is 29.2 Å². The van der Waals surface area contributed by atoms with Gasteiger partial charge in [0, 0.05) is 29.4 Å². The number of nitrogens with one attached hydrogen (secondary N) is 2. The Bertz CT molecular complexity index is 966. The first-order chi connectivity index (χ1) is 15.1. The van der Waals surface area contributed by atoms with E-state index >= 15 is 0 Å². The molecular formula is C23H25FN2O4S. The van der Waals surface area contributed by atoms with E-state index < -0.39 is 0 Å². The molecule has 2 amide bonds. The van der Waals surface area contributed by atoms with Gasteiger partial charge in [0.05, 0.1) is 24.6 Å². The van der Waals surface area contributed by atoms with Crippen molar-refractivity contribution in [1.29, 1.82) is 0 Å². The lowest BCUT2D eigenvalue weighted by Gasteiger charge is -2.34. The molecule has 0 spiro atoms. The van der Waals surface area contributed by atoms with Gasteiger partial charge in [-0.1, -0.05) is 12.1 Å². The summed E-state index contributed by atoms with van der Waals surface area (Å²) in [5, 5.41) is 8.24. The van der Waals surface area contributed by atoms with Crippen molar-refractivity contribution in [3.05, 3.63) is 52.0 Å². The van der Waals surface area contributed by atoms with Crippen molar-refractivity contribution in [2.45, 2.75) is 37.3 Å². The molecule has 3 aliphatic rings. The van der Waals surface area contributed by atoms with E-state index in [1.807, 2.05) is 11.4 Å². The van der Waals surface area contributed by atoms with E-state index in [2.05, 4.69) is 16.7 Å². The minimum absolute atomic E-state index is 0.000527. The molecule has 0 bridgehead atoms. The highest BCUT2D eigenvalue weighted by Crippen LogP contribution is 2.49. The monoisotopic (exact) mass is 444 g/mol. The molecule has 1 aromatic carbocycles. The van der Waals surface area contributed by atoms with Gasteiger partial charge in [-0.25, -0.2) is 4.39 Å². The number of hydrogen-bond donors (Lipinski definition) is 2. The molecule has 1 aliphatic carbocycles. The molecule has 6 nitrogen and oxygen atoms in total. The number of halogens is 1. The zero-order chi connectivity index (χ0) is 21.4. The molecule has 1 saturated carbocycles. The Morgan fingerprint density at radius 2 is 1.97 bits per heavy atom. The molecule has 0 radical (unpaired) electrons. The molecular weight excluding hydrogens is 419 g/mol.